The van der Waals surface area contributed by atoms with Crippen molar-refractivity contribution < 1.29 is 19.8 Å². The van der Waals surface area contributed by atoms with Crippen molar-refractivity contribution >= 4 is 28.4 Å². The van der Waals surface area contributed by atoms with Crippen molar-refractivity contribution in [2.75, 3.05) is 24.6 Å². The number of aliphatic hydroxyl groups is 2. The maximum atomic E-state index is 13.7. The van der Waals surface area contributed by atoms with Crippen molar-refractivity contribution in [3.05, 3.63) is 119 Å². The second kappa shape index (κ2) is 12.0. The van der Waals surface area contributed by atoms with E-state index < -0.39 is 17.4 Å². The van der Waals surface area contributed by atoms with E-state index >= 15 is 0 Å². The monoisotopic (exact) mass is 566 g/mol. The van der Waals surface area contributed by atoms with E-state index in [1.165, 1.54) is 9.58 Å². The van der Waals surface area contributed by atoms with Gasteiger partial charge in [0.15, 0.2) is 5.60 Å². The second-order valence-corrected chi connectivity index (χ2v) is 10.4. The lowest BCUT2D eigenvalue weighted by atomic mass is 9.82. The third-order valence-electron chi connectivity index (χ3n) is 7.73. The summed E-state index contributed by atoms with van der Waals surface area (Å²) in [7, 11) is 0. The van der Waals surface area contributed by atoms with Crippen LogP contribution in [0.5, 0.6) is 0 Å². The van der Waals surface area contributed by atoms with E-state index in [0.717, 1.165) is 5.56 Å². The summed E-state index contributed by atoms with van der Waals surface area (Å²) in [5.74, 6) is -1.40. The number of aliphatic hydroxyl groups excluding tert-OH is 1. The number of rotatable bonds is 11. The Hall–Kier alpha value is -4.73. The van der Waals surface area contributed by atoms with Gasteiger partial charge in [0.25, 0.3) is 11.5 Å². The van der Waals surface area contributed by atoms with Crippen LogP contribution in [0.3, 0.4) is 0 Å². The topological polar surface area (TPSA) is 119 Å². The summed E-state index contributed by atoms with van der Waals surface area (Å²) < 4.78 is 1.40. The van der Waals surface area contributed by atoms with Crippen LogP contribution in [0.15, 0.2) is 102 Å². The first-order valence-electron chi connectivity index (χ1n) is 13.9. The maximum Gasteiger partial charge on any atom is 0.279 e. The molecule has 42 heavy (non-hydrogen) atoms. The first kappa shape index (κ1) is 28.8. The van der Waals surface area contributed by atoms with Crippen molar-refractivity contribution in [2.45, 2.75) is 25.5 Å². The summed E-state index contributed by atoms with van der Waals surface area (Å²) in [6, 6.07) is 21.8. The number of H-pyrrole nitrogens is 1. The highest BCUT2D eigenvalue weighted by atomic mass is 16.3. The highest BCUT2D eigenvalue weighted by molar-refractivity contribution is 6.07. The third-order valence-corrected chi connectivity index (χ3v) is 7.73. The molecule has 3 aromatic carbocycles. The molecule has 4 aromatic rings. The molecule has 9 nitrogen and oxygen atoms in total. The van der Waals surface area contributed by atoms with Crippen LogP contribution < -0.4 is 10.5 Å². The molecule has 2 heterocycles. The van der Waals surface area contributed by atoms with Gasteiger partial charge in [0.1, 0.15) is 0 Å². The number of hydrogen-bond acceptors (Lipinski definition) is 5. The largest absolute Gasteiger partial charge is 0.395 e. The highest BCUT2D eigenvalue weighted by Gasteiger charge is 2.52. The number of anilines is 1. The number of carbonyl (C=O) groups excluding carboxylic acids is 2. The lowest BCUT2D eigenvalue weighted by molar-refractivity contribution is -0.139. The third kappa shape index (κ3) is 5.20. The Balaban J connectivity index is 1.43. The number of para-hydroxylation sites is 1. The summed E-state index contributed by atoms with van der Waals surface area (Å²) >= 11 is 0. The minimum absolute atomic E-state index is 0.0369. The van der Waals surface area contributed by atoms with Crippen LogP contribution in [-0.2, 0) is 21.7 Å². The number of amides is 2. The van der Waals surface area contributed by atoms with Gasteiger partial charge in [-0.1, -0.05) is 67.6 Å². The molecule has 0 fully saturated rings. The van der Waals surface area contributed by atoms with E-state index in [4.69, 9.17) is 0 Å². The molecule has 0 radical (unpaired) electrons. The second-order valence-electron chi connectivity index (χ2n) is 10.4. The van der Waals surface area contributed by atoms with Gasteiger partial charge in [0.05, 0.1) is 28.9 Å². The molecule has 2 atom stereocenters. The molecule has 1 aromatic heterocycles. The molecule has 0 bridgehead atoms. The van der Waals surface area contributed by atoms with Gasteiger partial charge in [-0.05, 0) is 35.9 Å². The van der Waals surface area contributed by atoms with Crippen LogP contribution in [0, 0.1) is 5.92 Å². The summed E-state index contributed by atoms with van der Waals surface area (Å²) in [5.41, 5.74) is 0.829. The number of benzene rings is 3. The molecule has 216 valence electrons. The molecule has 9 heteroatoms. The van der Waals surface area contributed by atoms with Crippen LogP contribution in [0.1, 0.15) is 24.5 Å². The van der Waals surface area contributed by atoms with Crippen molar-refractivity contribution in [3.8, 4) is 5.69 Å². The summed E-state index contributed by atoms with van der Waals surface area (Å²) in [6.07, 6.45) is 4.94. The van der Waals surface area contributed by atoms with Crippen molar-refractivity contribution in [1.29, 1.82) is 0 Å². The number of nitrogens with zero attached hydrogens (tertiary/aromatic N) is 3. The normalized spacial score (nSPS) is 17.1. The van der Waals surface area contributed by atoms with Gasteiger partial charge in [-0.25, -0.2) is 4.68 Å². The average Bonchev–Trinajstić information content (AvgIpc) is 3.45. The van der Waals surface area contributed by atoms with E-state index in [-0.39, 0.29) is 37.6 Å². The Morgan fingerprint density at radius 3 is 2.55 bits per heavy atom. The Kier molecular flexibility index (Phi) is 8.24. The number of aromatic amines is 1. The maximum absolute atomic E-state index is 13.7. The van der Waals surface area contributed by atoms with Crippen molar-refractivity contribution in [2.24, 2.45) is 5.92 Å². The average molecular weight is 567 g/mol. The number of aromatic nitrogens is 2. The van der Waals surface area contributed by atoms with E-state index in [9.17, 15) is 24.6 Å². The van der Waals surface area contributed by atoms with E-state index in [1.807, 2.05) is 42.5 Å². The van der Waals surface area contributed by atoms with Crippen LogP contribution in [0.4, 0.5) is 5.69 Å². The molecule has 2 amide bonds. The van der Waals surface area contributed by atoms with E-state index in [1.54, 1.807) is 60.4 Å². The molecule has 0 aliphatic carbocycles. The van der Waals surface area contributed by atoms with Gasteiger partial charge in [-0.3, -0.25) is 19.5 Å². The van der Waals surface area contributed by atoms with Crippen LogP contribution in [0.25, 0.3) is 16.6 Å². The van der Waals surface area contributed by atoms with E-state index in [2.05, 4.69) is 11.7 Å². The van der Waals surface area contributed by atoms with Gasteiger partial charge < -0.3 is 20.0 Å². The fourth-order valence-electron chi connectivity index (χ4n) is 5.48. The highest BCUT2D eigenvalue weighted by Crippen LogP contribution is 2.46. The molecule has 3 N–H and O–H groups in total. The number of nitrogens with one attached hydrogen (secondary N) is 1. The van der Waals surface area contributed by atoms with Crippen LogP contribution in [-0.4, -0.2) is 56.4 Å². The van der Waals surface area contributed by atoms with Gasteiger partial charge in [-0.15, -0.1) is 6.58 Å². The molecule has 1 aliphatic rings. The number of fused-ring (bicyclic) bond motifs is 2. The number of hydrogen-bond donors (Lipinski definition) is 3. The van der Waals surface area contributed by atoms with Crippen molar-refractivity contribution in [3.63, 3.8) is 0 Å². The zero-order chi connectivity index (χ0) is 29.9. The van der Waals surface area contributed by atoms with Gasteiger partial charge in [-0.2, -0.15) is 0 Å². The standard InChI is InChI=1S/C33H34N4O5/c1-3-18-36-29-17-16-25(37-31(40)26-13-7-8-14-28(26)34-37)21-27(29)33(42,32(36)41)23(2)10-9-15-30(39)35(19-20-38)22-24-11-5-4-6-12-24/h3-14,16-17,21,23,34,38,42H,1,15,18-20,22H2,2H3/b10-9+/t23-,33+/m0/s1. The molecule has 0 saturated heterocycles. The van der Waals surface area contributed by atoms with Gasteiger partial charge in [0.2, 0.25) is 5.91 Å². The van der Waals surface area contributed by atoms with Crippen LogP contribution >= 0.6 is 0 Å². The molecule has 0 saturated carbocycles. The van der Waals surface area contributed by atoms with Crippen LogP contribution in [0.2, 0.25) is 0 Å². The lowest BCUT2D eigenvalue weighted by Gasteiger charge is -2.27. The summed E-state index contributed by atoms with van der Waals surface area (Å²) in [6.45, 7) is 6.07. The summed E-state index contributed by atoms with van der Waals surface area (Å²) in [5, 5.41) is 25.1. The number of carbonyl (C=O) groups is 2. The molecule has 0 unspecified atom stereocenters. The quantitative estimate of drug-likeness (QED) is 0.240. The first-order chi connectivity index (χ1) is 20.3. The zero-order valence-electron chi connectivity index (χ0n) is 23.4. The Morgan fingerprint density at radius 1 is 1.10 bits per heavy atom. The molecule has 1 aliphatic heterocycles. The van der Waals surface area contributed by atoms with Gasteiger partial charge >= 0.3 is 0 Å². The summed E-state index contributed by atoms with van der Waals surface area (Å²) in [4.78, 5) is 42.8. The van der Waals surface area contributed by atoms with E-state index in [0.29, 0.717) is 34.4 Å². The predicted octanol–water partition coefficient (Wildman–Crippen LogP) is 3.64. The van der Waals surface area contributed by atoms with Crippen molar-refractivity contribution in [1.82, 2.24) is 14.7 Å². The Morgan fingerprint density at radius 2 is 1.83 bits per heavy atom. The molecular weight excluding hydrogens is 532 g/mol. The molecule has 5 rings (SSSR count). The molecule has 0 spiro atoms. The SMILES string of the molecule is C=CCN1C(=O)[C@@](O)([C@@H](C)/C=C/CC(=O)N(CCO)Cc2ccccc2)c2cc(-n3[nH]c4ccccc4c3=O)ccc21. The smallest absolute Gasteiger partial charge is 0.279 e. The fourth-order valence-corrected chi connectivity index (χ4v) is 5.48. The predicted molar refractivity (Wildman–Crippen MR) is 162 cm³/mol. The fraction of sp³-hybridized carbons (Fsp3) is 0.242. The minimum Gasteiger partial charge on any atom is -0.395 e. The first-order valence-corrected chi connectivity index (χ1v) is 13.9. The van der Waals surface area contributed by atoms with Gasteiger partial charge in [0, 0.05) is 37.5 Å². The molecular formula is C33H34N4O5. The minimum atomic E-state index is -1.93. The lowest BCUT2D eigenvalue weighted by Crippen LogP contribution is -2.44. The Labute approximate surface area is 243 Å². The Bertz CT molecular complexity index is 1710. The zero-order valence-corrected chi connectivity index (χ0v) is 23.4.